The Labute approximate surface area is 124 Å². The van der Waals surface area contributed by atoms with Gasteiger partial charge >= 0.3 is 0 Å². The molecule has 0 rings (SSSR count). The predicted octanol–water partition coefficient (Wildman–Crippen LogP) is 6.54. The van der Waals surface area contributed by atoms with Crippen LogP contribution in [0.5, 0.6) is 0 Å². The highest BCUT2D eigenvalue weighted by molar-refractivity contribution is 8.34. The maximum Gasteiger partial charge on any atom is 0.00932 e. The first-order valence-electron chi connectivity index (χ1n) is 8.39. The van der Waals surface area contributed by atoms with Gasteiger partial charge in [0.05, 0.1) is 0 Å². The molecule has 0 aliphatic carbocycles. The third-order valence-electron chi connectivity index (χ3n) is 4.73. The summed E-state index contributed by atoms with van der Waals surface area (Å²) in [6.07, 6.45) is 11.9. The summed E-state index contributed by atoms with van der Waals surface area (Å²) in [4.78, 5) is 0. The second kappa shape index (κ2) is 9.91. The van der Waals surface area contributed by atoms with Crippen molar-refractivity contribution in [1.82, 2.24) is 0 Å². The molecule has 2 unspecified atom stereocenters. The van der Waals surface area contributed by atoms with Gasteiger partial charge in [-0.25, -0.2) is 10.0 Å². The molecule has 1 heteroatoms. The lowest BCUT2D eigenvalue weighted by Crippen LogP contribution is -2.29. The number of rotatable bonds is 11. The monoisotopic (exact) mass is 286 g/mol. The van der Waals surface area contributed by atoms with Crippen LogP contribution in [0, 0.1) is 0 Å². The number of unbranched alkanes of at least 4 members (excludes halogenated alkanes) is 2. The molecule has 3 atom stereocenters. The minimum atomic E-state index is -0.552. The molecule has 0 radical (unpaired) electrons. The molecule has 0 aliphatic rings. The van der Waals surface area contributed by atoms with E-state index in [0.717, 1.165) is 10.5 Å². The van der Waals surface area contributed by atoms with Gasteiger partial charge in [0, 0.05) is 5.25 Å². The minimum Gasteiger partial charge on any atom is -0.235 e. The van der Waals surface area contributed by atoms with Gasteiger partial charge in [0.15, 0.2) is 0 Å². The van der Waals surface area contributed by atoms with Gasteiger partial charge in [-0.3, -0.25) is 0 Å². The average Bonchev–Trinajstić information content (AvgIpc) is 2.39. The van der Waals surface area contributed by atoms with Crippen LogP contribution in [0.2, 0.25) is 0 Å². The first-order valence-corrected chi connectivity index (χ1v) is 10.7. The first kappa shape index (κ1) is 19.1. The molecule has 116 valence electrons. The smallest absolute Gasteiger partial charge is 0.00932 e. The maximum absolute atomic E-state index is 4.45. The Balaban J connectivity index is 5.00. The van der Waals surface area contributed by atoms with Crippen molar-refractivity contribution in [2.24, 2.45) is 0 Å². The Kier molecular flexibility index (Phi) is 9.96. The second-order valence-electron chi connectivity index (χ2n) is 6.16. The summed E-state index contributed by atoms with van der Waals surface area (Å²) < 4.78 is 0. The van der Waals surface area contributed by atoms with Gasteiger partial charge in [0.1, 0.15) is 0 Å². The Morgan fingerprint density at radius 2 is 1.63 bits per heavy atom. The van der Waals surface area contributed by atoms with Gasteiger partial charge in [-0.15, -0.1) is 0 Å². The normalized spacial score (nSPS) is 19.5. The fourth-order valence-corrected chi connectivity index (χ4v) is 7.68. The predicted molar refractivity (Wildman–Crippen MR) is 95.8 cm³/mol. The van der Waals surface area contributed by atoms with Crippen molar-refractivity contribution >= 4 is 10.0 Å². The SMILES string of the molecule is C=C(CCC)[C@H](CC)S(C)(CCCCC)C(C)CC. The molecular weight excluding hydrogens is 248 g/mol. The van der Waals surface area contributed by atoms with Crippen molar-refractivity contribution in [3.8, 4) is 0 Å². The maximum atomic E-state index is 4.45. The Hall–Kier alpha value is 0.0900. The van der Waals surface area contributed by atoms with Crippen molar-refractivity contribution in [2.75, 3.05) is 12.0 Å². The average molecular weight is 287 g/mol. The highest BCUT2D eigenvalue weighted by atomic mass is 32.3. The van der Waals surface area contributed by atoms with E-state index in [2.05, 4.69) is 47.5 Å². The zero-order chi connectivity index (χ0) is 14.9. The van der Waals surface area contributed by atoms with Crippen LogP contribution in [-0.4, -0.2) is 22.5 Å². The number of hydrogen-bond acceptors (Lipinski definition) is 0. The molecule has 0 N–H and O–H groups in total. The third-order valence-corrected chi connectivity index (χ3v) is 10.0. The Morgan fingerprint density at radius 3 is 2.05 bits per heavy atom. The molecule has 0 aliphatic heterocycles. The van der Waals surface area contributed by atoms with Crippen LogP contribution in [0.1, 0.15) is 79.6 Å². The summed E-state index contributed by atoms with van der Waals surface area (Å²) in [5.41, 5.74) is 1.54. The fourth-order valence-electron chi connectivity index (χ4n) is 3.20. The Bertz CT molecular complexity index is 246. The topological polar surface area (TPSA) is 0 Å². The van der Waals surface area contributed by atoms with Crippen LogP contribution in [0.4, 0.5) is 0 Å². The van der Waals surface area contributed by atoms with E-state index in [1.807, 2.05) is 0 Å². The third kappa shape index (κ3) is 5.53. The van der Waals surface area contributed by atoms with Crippen molar-refractivity contribution in [3.63, 3.8) is 0 Å². The van der Waals surface area contributed by atoms with Gasteiger partial charge in [-0.1, -0.05) is 66.0 Å². The van der Waals surface area contributed by atoms with Gasteiger partial charge in [-0.05, 0) is 42.9 Å². The molecule has 0 saturated carbocycles. The van der Waals surface area contributed by atoms with E-state index in [0.29, 0.717) is 0 Å². The largest absolute Gasteiger partial charge is 0.235 e. The summed E-state index contributed by atoms with van der Waals surface area (Å²) in [6, 6.07) is 0. The van der Waals surface area contributed by atoms with Crippen LogP contribution >= 0.6 is 10.0 Å². The first-order chi connectivity index (χ1) is 8.97. The van der Waals surface area contributed by atoms with Crippen molar-refractivity contribution < 1.29 is 0 Å². The van der Waals surface area contributed by atoms with Crippen LogP contribution in [0.3, 0.4) is 0 Å². The van der Waals surface area contributed by atoms with Crippen LogP contribution in [-0.2, 0) is 0 Å². The molecule has 0 spiro atoms. The van der Waals surface area contributed by atoms with Crippen molar-refractivity contribution in [2.45, 2.75) is 90.1 Å². The highest BCUT2D eigenvalue weighted by Crippen LogP contribution is 2.58. The van der Waals surface area contributed by atoms with Gasteiger partial charge < -0.3 is 0 Å². The molecule has 0 saturated heterocycles. The van der Waals surface area contributed by atoms with Crippen molar-refractivity contribution in [3.05, 3.63) is 12.2 Å². The zero-order valence-electron chi connectivity index (χ0n) is 14.4. The van der Waals surface area contributed by atoms with Gasteiger partial charge in [0.25, 0.3) is 0 Å². The highest BCUT2D eigenvalue weighted by Gasteiger charge is 2.33. The summed E-state index contributed by atoms with van der Waals surface area (Å²) in [5, 5.41) is 1.67. The molecule has 0 aromatic carbocycles. The molecule has 0 fully saturated rings. The lowest BCUT2D eigenvalue weighted by Gasteiger charge is -2.49. The van der Waals surface area contributed by atoms with E-state index in [4.69, 9.17) is 0 Å². The summed E-state index contributed by atoms with van der Waals surface area (Å²) in [5.74, 6) is 1.46. The molecule has 0 aromatic rings. The minimum absolute atomic E-state index is 0.552. The van der Waals surface area contributed by atoms with E-state index in [9.17, 15) is 0 Å². The van der Waals surface area contributed by atoms with Gasteiger partial charge in [0.2, 0.25) is 0 Å². The molecule has 0 nitrogen and oxygen atoms in total. The van der Waals surface area contributed by atoms with Crippen LogP contribution < -0.4 is 0 Å². The van der Waals surface area contributed by atoms with E-state index < -0.39 is 10.0 Å². The van der Waals surface area contributed by atoms with E-state index in [1.165, 1.54) is 50.7 Å². The molecule has 19 heavy (non-hydrogen) atoms. The summed E-state index contributed by atoms with van der Waals surface area (Å²) >= 11 is 0. The lowest BCUT2D eigenvalue weighted by atomic mass is 10.1. The fraction of sp³-hybridized carbons (Fsp3) is 0.889. The standard InChI is InChI=1S/C18H38S/c1-8-12-13-15-19(7,17(6)10-3)18(11-4)16(5)14-9-2/h17-18H,5,8-15H2,1-4,6-7H3/t17?,18-/m0/s1. The zero-order valence-corrected chi connectivity index (χ0v) is 15.2. The number of hydrogen-bond donors (Lipinski definition) is 0. The quantitative estimate of drug-likeness (QED) is 0.298. The summed E-state index contributed by atoms with van der Waals surface area (Å²) in [6.45, 7) is 16.3. The molecule has 0 amide bonds. The lowest BCUT2D eigenvalue weighted by molar-refractivity contribution is 0.755. The van der Waals surface area contributed by atoms with E-state index in [1.54, 1.807) is 5.57 Å². The van der Waals surface area contributed by atoms with Crippen LogP contribution in [0.15, 0.2) is 12.2 Å². The molecular formula is C18H38S. The van der Waals surface area contributed by atoms with Crippen molar-refractivity contribution in [1.29, 1.82) is 0 Å². The second-order valence-corrected chi connectivity index (χ2v) is 10.4. The van der Waals surface area contributed by atoms with E-state index in [-0.39, 0.29) is 0 Å². The molecule has 0 aromatic heterocycles. The molecule has 0 heterocycles. The molecule has 0 bridgehead atoms. The van der Waals surface area contributed by atoms with E-state index >= 15 is 0 Å². The summed E-state index contributed by atoms with van der Waals surface area (Å²) in [7, 11) is -0.552. The van der Waals surface area contributed by atoms with Gasteiger partial charge in [-0.2, -0.15) is 0 Å². The van der Waals surface area contributed by atoms with Crippen LogP contribution in [0.25, 0.3) is 0 Å². The Morgan fingerprint density at radius 1 is 1.00 bits per heavy atom.